The van der Waals surface area contributed by atoms with E-state index < -0.39 is 0 Å². The Morgan fingerprint density at radius 2 is 2.00 bits per heavy atom. The summed E-state index contributed by atoms with van der Waals surface area (Å²) in [6, 6.07) is 0.303. The third kappa shape index (κ3) is 6.57. The zero-order valence-electron chi connectivity index (χ0n) is 14.6. The summed E-state index contributed by atoms with van der Waals surface area (Å²) in [4.78, 5) is 14.9. The summed E-state index contributed by atoms with van der Waals surface area (Å²) >= 11 is 0. The van der Waals surface area contributed by atoms with Gasteiger partial charge in [-0.3, -0.25) is 9.69 Å². The van der Waals surface area contributed by atoms with Gasteiger partial charge in [0.15, 0.2) is 0 Å². The summed E-state index contributed by atoms with van der Waals surface area (Å²) in [5, 5.41) is 3.33. The summed E-state index contributed by atoms with van der Waals surface area (Å²) in [7, 11) is 0. The van der Waals surface area contributed by atoms with E-state index in [2.05, 4.69) is 17.1 Å². The van der Waals surface area contributed by atoms with E-state index in [9.17, 15) is 4.79 Å². The number of carbonyl (C=O) groups excluding carboxylic acids is 1. The van der Waals surface area contributed by atoms with Crippen molar-refractivity contribution in [2.75, 3.05) is 46.1 Å². The van der Waals surface area contributed by atoms with Crippen LogP contribution in [0.25, 0.3) is 0 Å². The third-order valence-electron chi connectivity index (χ3n) is 4.85. The van der Waals surface area contributed by atoms with Crippen molar-refractivity contribution in [2.45, 2.75) is 45.6 Å². The van der Waals surface area contributed by atoms with Crippen LogP contribution in [0.15, 0.2) is 0 Å². The normalized spacial score (nSPS) is 26.0. The topological polar surface area (TPSA) is 50.8 Å². The van der Waals surface area contributed by atoms with Gasteiger partial charge in [-0.15, -0.1) is 12.4 Å². The van der Waals surface area contributed by atoms with Gasteiger partial charge in [0, 0.05) is 51.4 Å². The van der Waals surface area contributed by atoms with E-state index >= 15 is 0 Å². The fraction of sp³-hybridized carbons (Fsp3) is 0.941. The van der Waals surface area contributed by atoms with Gasteiger partial charge in [-0.2, -0.15) is 0 Å². The first-order valence-corrected chi connectivity index (χ1v) is 8.92. The second-order valence-corrected chi connectivity index (χ2v) is 6.51. The van der Waals surface area contributed by atoms with Crippen LogP contribution in [-0.2, 0) is 14.3 Å². The lowest BCUT2D eigenvalue weighted by Gasteiger charge is -2.25. The highest BCUT2D eigenvalue weighted by atomic mass is 35.5. The number of hydrogen-bond donors (Lipinski definition) is 1. The molecule has 0 saturated carbocycles. The highest BCUT2D eigenvalue weighted by molar-refractivity contribution is 5.85. The van der Waals surface area contributed by atoms with Gasteiger partial charge in [0.25, 0.3) is 0 Å². The monoisotopic (exact) mass is 348 g/mol. The lowest BCUT2D eigenvalue weighted by atomic mass is 9.95. The molecule has 6 heteroatoms. The molecule has 0 aromatic rings. The minimum atomic E-state index is 0. The van der Waals surface area contributed by atoms with Crippen molar-refractivity contribution in [3.05, 3.63) is 0 Å². The van der Waals surface area contributed by atoms with Crippen molar-refractivity contribution < 1.29 is 14.3 Å². The number of nitrogens with zero attached hydrogens (tertiary/aromatic N) is 1. The van der Waals surface area contributed by atoms with Gasteiger partial charge in [0.1, 0.15) is 0 Å². The molecule has 0 bridgehead atoms. The predicted molar refractivity (Wildman–Crippen MR) is 94.1 cm³/mol. The molecule has 2 rings (SSSR count). The Morgan fingerprint density at radius 1 is 1.26 bits per heavy atom. The molecule has 1 amide bonds. The maximum absolute atomic E-state index is 12.5. The zero-order valence-corrected chi connectivity index (χ0v) is 15.4. The molecule has 0 unspecified atom stereocenters. The maximum Gasteiger partial charge on any atom is 0.223 e. The lowest BCUT2D eigenvalue weighted by Crippen LogP contribution is -2.44. The van der Waals surface area contributed by atoms with Crippen LogP contribution >= 0.6 is 12.4 Å². The van der Waals surface area contributed by atoms with E-state index in [1.807, 2.05) is 6.92 Å². The van der Waals surface area contributed by atoms with Crippen LogP contribution in [0.2, 0.25) is 0 Å². The van der Waals surface area contributed by atoms with E-state index in [-0.39, 0.29) is 24.2 Å². The number of nitrogens with one attached hydrogen (secondary N) is 1. The summed E-state index contributed by atoms with van der Waals surface area (Å²) in [5.74, 6) is 0.963. The number of ether oxygens (including phenoxy) is 2. The van der Waals surface area contributed by atoms with Crippen molar-refractivity contribution in [3.63, 3.8) is 0 Å². The smallest absolute Gasteiger partial charge is 0.223 e. The minimum Gasteiger partial charge on any atom is -0.381 e. The first kappa shape index (κ1) is 20.7. The van der Waals surface area contributed by atoms with Crippen LogP contribution in [0, 0.1) is 11.8 Å². The molecule has 5 nitrogen and oxygen atoms in total. The number of rotatable bonds is 8. The highest BCUT2D eigenvalue weighted by Crippen LogP contribution is 2.23. The Kier molecular flexibility index (Phi) is 10.1. The molecule has 2 aliphatic heterocycles. The molecule has 0 radical (unpaired) electrons. The Bertz CT molecular complexity index is 338. The molecular weight excluding hydrogens is 316 g/mol. The fourth-order valence-electron chi connectivity index (χ4n) is 3.57. The van der Waals surface area contributed by atoms with Crippen molar-refractivity contribution >= 4 is 18.3 Å². The number of carbonyl (C=O) groups is 1. The summed E-state index contributed by atoms with van der Waals surface area (Å²) in [5.41, 5.74) is 0. The molecule has 0 aromatic heterocycles. The first-order valence-electron chi connectivity index (χ1n) is 8.92. The predicted octanol–water partition coefficient (Wildman–Crippen LogP) is 2.09. The number of halogens is 1. The van der Waals surface area contributed by atoms with Crippen molar-refractivity contribution in [2.24, 2.45) is 11.8 Å². The fourth-order valence-corrected chi connectivity index (χ4v) is 3.57. The Morgan fingerprint density at radius 3 is 2.65 bits per heavy atom. The second kappa shape index (κ2) is 11.2. The molecule has 2 saturated heterocycles. The molecule has 0 spiro atoms. The standard InChI is InChI=1S/C17H32N2O3.ClH/c1-3-5-15-12-19(8-11-21-4-2)13-16(15)18-17(20)14-6-9-22-10-7-14;/h14-16H,3-13H2,1-2H3,(H,18,20);1H/t15-,16-;/m0./s1. The van der Waals surface area contributed by atoms with Crippen molar-refractivity contribution in [1.82, 2.24) is 10.2 Å². The maximum atomic E-state index is 12.5. The van der Waals surface area contributed by atoms with Gasteiger partial charge in [-0.05, 0) is 32.1 Å². The molecule has 2 aliphatic rings. The van der Waals surface area contributed by atoms with Gasteiger partial charge in [0.05, 0.1) is 6.61 Å². The summed E-state index contributed by atoms with van der Waals surface area (Å²) < 4.78 is 10.8. The summed E-state index contributed by atoms with van der Waals surface area (Å²) in [6.45, 7) is 10.3. The molecule has 2 heterocycles. The largest absolute Gasteiger partial charge is 0.381 e. The van der Waals surface area contributed by atoms with Gasteiger partial charge in [-0.1, -0.05) is 13.3 Å². The molecule has 136 valence electrons. The molecule has 0 aromatic carbocycles. The average Bonchev–Trinajstić information content (AvgIpc) is 2.90. The number of hydrogen-bond acceptors (Lipinski definition) is 4. The third-order valence-corrected chi connectivity index (χ3v) is 4.85. The SMILES string of the molecule is CCC[C@H]1CN(CCOCC)C[C@@H]1NC(=O)C1CCOCC1.Cl. The first-order chi connectivity index (χ1) is 10.7. The van der Waals surface area contributed by atoms with E-state index in [4.69, 9.17) is 9.47 Å². The molecule has 2 fully saturated rings. The van der Waals surface area contributed by atoms with Gasteiger partial charge in [0.2, 0.25) is 5.91 Å². The number of likely N-dealkylation sites (tertiary alicyclic amines) is 1. The quantitative estimate of drug-likeness (QED) is 0.682. The van der Waals surface area contributed by atoms with Crippen LogP contribution in [0.3, 0.4) is 0 Å². The van der Waals surface area contributed by atoms with Crippen LogP contribution in [0.4, 0.5) is 0 Å². The highest BCUT2D eigenvalue weighted by Gasteiger charge is 2.34. The van der Waals surface area contributed by atoms with Crippen LogP contribution in [0.5, 0.6) is 0 Å². The molecule has 23 heavy (non-hydrogen) atoms. The Labute approximate surface area is 146 Å². The van der Waals surface area contributed by atoms with Crippen molar-refractivity contribution in [3.8, 4) is 0 Å². The van der Waals surface area contributed by atoms with E-state index in [1.54, 1.807) is 0 Å². The van der Waals surface area contributed by atoms with Gasteiger partial charge >= 0.3 is 0 Å². The van der Waals surface area contributed by atoms with Gasteiger partial charge < -0.3 is 14.8 Å². The molecule has 2 atom stereocenters. The summed E-state index contributed by atoms with van der Waals surface area (Å²) in [6.07, 6.45) is 4.09. The number of amides is 1. The second-order valence-electron chi connectivity index (χ2n) is 6.51. The van der Waals surface area contributed by atoms with E-state index in [1.165, 1.54) is 12.8 Å². The van der Waals surface area contributed by atoms with Crippen LogP contribution in [-0.4, -0.2) is 62.9 Å². The lowest BCUT2D eigenvalue weighted by molar-refractivity contribution is -0.128. The van der Waals surface area contributed by atoms with Gasteiger partial charge in [-0.25, -0.2) is 0 Å². The van der Waals surface area contributed by atoms with Crippen LogP contribution < -0.4 is 5.32 Å². The van der Waals surface area contributed by atoms with Crippen molar-refractivity contribution in [1.29, 1.82) is 0 Å². The van der Waals surface area contributed by atoms with E-state index in [0.717, 1.165) is 58.9 Å². The molecular formula is C17H33ClN2O3. The Balaban J connectivity index is 0.00000264. The van der Waals surface area contributed by atoms with Crippen LogP contribution in [0.1, 0.15) is 39.5 Å². The van der Waals surface area contributed by atoms with E-state index in [0.29, 0.717) is 12.0 Å². The minimum absolute atomic E-state index is 0. The molecule has 0 aliphatic carbocycles. The zero-order chi connectivity index (χ0) is 15.8. The average molecular weight is 349 g/mol. The Hall–Kier alpha value is -0.360. The molecule has 1 N–H and O–H groups in total.